The molecule has 1 fully saturated rings. The SMILES string of the molecule is CC1CCC(C(C)C)C(OC(=O)CSC[C@H](N)C(=O)O)C1. The van der Waals surface area contributed by atoms with E-state index in [1.54, 1.807) is 0 Å². The Morgan fingerprint density at radius 3 is 2.62 bits per heavy atom. The van der Waals surface area contributed by atoms with Crippen molar-refractivity contribution in [3.63, 3.8) is 0 Å². The van der Waals surface area contributed by atoms with Gasteiger partial charge >= 0.3 is 11.9 Å². The summed E-state index contributed by atoms with van der Waals surface area (Å²) in [6.07, 6.45) is 3.22. The summed E-state index contributed by atoms with van der Waals surface area (Å²) in [7, 11) is 0. The van der Waals surface area contributed by atoms with Crippen LogP contribution in [0.25, 0.3) is 0 Å². The lowest BCUT2D eigenvalue weighted by molar-refractivity contribution is -0.152. The van der Waals surface area contributed by atoms with Gasteiger partial charge in [-0.3, -0.25) is 9.59 Å². The van der Waals surface area contributed by atoms with E-state index in [2.05, 4.69) is 20.8 Å². The molecule has 0 aromatic heterocycles. The maximum atomic E-state index is 11.9. The Morgan fingerprint density at radius 1 is 1.38 bits per heavy atom. The van der Waals surface area contributed by atoms with E-state index in [9.17, 15) is 9.59 Å². The van der Waals surface area contributed by atoms with Crippen LogP contribution in [0.3, 0.4) is 0 Å². The summed E-state index contributed by atoms with van der Waals surface area (Å²) in [6.45, 7) is 6.53. The smallest absolute Gasteiger partial charge is 0.321 e. The topological polar surface area (TPSA) is 89.6 Å². The Balaban J connectivity index is 2.39. The number of rotatable bonds is 7. The molecule has 3 unspecified atom stereocenters. The van der Waals surface area contributed by atoms with E-state index in [1.807, 2.05) is 0 Å². The second kappa shape index (κ2) is 8.63. The highest BCUT2D eigenvalue weighted by atomic mass is 32.2. The molecule has 0 heterocycles. The number of hydrogen-bond acceptors (Lipinski definition) is 5. The van der Waals surface area contributed by atoms with Crippen LogP contribution in [-0.2, 0) is 14.3 Å². The highest BCUT2D eigenvalue weighted by Gasteiger charge is 2.33. The van der Waals surface area contributed by atoms with E-state index in [4.69, 9.17) is 15.6 Å². The molecule has 1 saturated carbocycles. The fourth-order valence-electron chi connectivity index (χ4n) is 2.79. The summed E-state index contributed by atoms with van der Waals surface area (Å²) in [5, 5.41) is 8.68. The molecule has 122 valence electrons. The quantitative estimate of drug-likeness (QED) is 0.699. The number of ether oxygens (including phenoxy) is 1. The number of esters is 1. The molecule has 4 atom stereocenters. The van der Waals surface area contributed by atoms with Crippen molar-refractivity contribution in [3.05, 3.63) is 0 Å². The second-order valence-electron chi connectivity index (χ2n) is 6.31. The van der Waals surface area contributed by atoms with E-state index in [-0.39, 0.29) is 23.6 Å². The largest absolute Gasteiger partial charge is 0.480 e. The number of carbonyl (C=O) groups is 2. The first-order valence-corrected chi connectivity index (χ1v) is 8.72. The van der Waals surface area contributed by atoms with Gasteiger partial charge in [-0.1, -0.05) is 27.2 Å². The van der Waals surface area contributed by atoms with E-state index in [1.165, 1.54) is 18.2 Å². The normalized spacial score (nSPS) is 27.4. The predicted molar refractivity (Wildman–Crippen MR) is 84.2 cm³/mol. The molecule has 0 spiro atoms. The number of hydrogen-bond donors (Lipinski definition) is 2. The molecule has 0 aliphatic heterocycles. The van der Waals surface area contributed by atoms with Crippen LogP contribution in [0.2, 0.25) is 0 Å². The molecule has 0 radical (unpaired) electrons. The summed E-state index contributed by atoms with van der Waals surface area (Å²) < 4.78 is 5.63. The van der Waals surface area contributed by atoms with Crippen LogP contribution in [0.1, 0.15) is 40.0 Å². The number of thioether (sulfide) groups is 1. The standard InChI is InChI=1S/C15H27NO4S/c1-9(2)11-5-4-10(3)6-13(11)20-14(17)8-21-7-12(16)15(18)19/h9-13H,4-8,16H2,1-3H3,(H,18,19)/t10?,11?,12-,13?/m0/s1. The number of nitrogens with two attached hydrogens (primary N) is 1. The van der Waals surface area contributed by atoms with Gasteiger partial charge in [0.2, 0.25) is 0 Å². The van der Waals surface area contributed by atoms with Crippen LogP contribution in [0.4, 0.5) is 0 Å². The zero-order valence-electron chi connectivity index (χ0n) is 13.1. The molecule has 0 amide bonds. The molecule has 0 bridgehead atoms. The number of carboxylic acids is 1. The lowest BCUT2D eigenvalue weighted by atomic mass is 9.75. The molecule has 1 rings (SSSR count). The highest BCUT2D eigenvalue weighted by Crippen LogP contribution is 2.35. The summed E-state index contributed by atoms with van der Waals surface area (Å²) in [6, 6.07) is -0.930. The Morgan fingerprint density at radius 2 is 2.05 bits per heavy atom. The number of carbonyl (C=O) groups excluding carboxylic acids is 1. The number of aliphatic carboxylic acids is 1. The van der Waals surface area contributed by atoms with Gasteiger partial charge in [-0.2, -0.15) is 0 Å². The van der Waals surface area contributed by atoms with Crippen molar-refractivity contribution in [2.75, 3.05) is 11.5 Å². The average Bonchev–Trinajstić information content (AvgIpc) is 2.37. The molecular formula is C15H27NO4S. The van der Waals surface area contributed by atoms with Gasteiger partial charge in [0.25, 0.3) is 0 Å². The molecule has 3 N–H and O–H groups in total. The molecule has 0 saturated heterocycles. The van der Waals surface area contributed by atoms with Crippen molar-refractivity contribution in [3.8, 4) is 0 Å². The zero-order chi connectivity index (χ0) is 16.0. The van der Waals surface area contributed by atoms with Gasteiger partial charge in [0.15, 0.2) is 0 Å². The molecule has 5 nitrogen and oxygen atoms in total. The predicted octanol–water partition coefficient (Wildman–Crippen LogP) is 2.14. The van der Waals surface area contributed by atoms with Crippen LogP contribution in [0.5, 0.6) is 0 Å². The van der Waals surface area contributed by atoms with E-state index < -0.39 is 12.0 Å². The first-order valence-electron chi connectivity index (χ1n) is 7.56. The lowest BCUT2D eigenvalue weighted by Gasteiger charge is -2.36. The summed E-state index contributed by atoms with van der Waals surface area (Å²) in [5.41, 5.74) is 5.39. The van der Waals surface area contributed by atoms with E-state index >= 15 is 0 Å². The third kappa shape index (κ3) is 6.26. The third-order valence-electron chi connectivity index (χ3n) is 4.08. The molecule has 0 aromatic carbocycles. The minimum atomic E-state index is -1.04. The minimum Gasteiger partial charge on any atom is -0.480 e. The van der Waals surface area contributed by atoms with E-state index in [0.29, 0.717) is 17.8 Å². The van der Waals surface area contributed by atoms with Crippen LogP contribution in [0.15, 0.2) is 0 Å². The maximum absolute atomic E-state index is 11.9. The van der Waals surface area contributed by atoms with Gasteiger partial charge in [0.05, 0.1) is 5.75 Å². The highest BCUT2D eigenvalue weighted by molar-refractivity contribution is 8.00. The molecule has 6 heteroatoms. The summed E-state index contributed by atoms with van der Waals surface area (Å²) in [5.74, 6) is 0.598. The Hall–Kier alpha value is -0.750. The van der Waals surface area contributed by atoms with Gasteiger partial charge in [-0.15, -0.1) is 11.8 Å². The third-order valence-corrected chi connectivity index (χ3v) is 5.11. The zero-order valence-corrected chi connectivity index (χ0v) is 13.9. The Kier molecular flexibility index (Phi) is 7.52. The van der Waals surface area contributed by atoms with Gasteiger partial charge < -0.3 is 15.6 Å². The van der Waals surface area contributed by atoms with Crippen molar-refractivity contribution in [2.45, 2.75) is 52.2 Å². The van der Waals surface area contributed by atoms with Gasteiger partial charge in [-0.25, -0.2) is 0 Å². The molecular weight excluding hydrogens is 290 g/mol. The minimum absolute atomic E-state index is 0.00463. The Labute approximate surface area is 131 Å². The fraction of sp³-hybridized carbons (Fsp3) is 0.867. The summed E-state index contributed by atoms with van der Waals surface area (Å²) in [4.78, 5) is 22.5. The molecule has 0 aromatic rings. The van der Waals surface area contributed by atoms with Crippen molar-refractivity contribution < 1.29 is 19.4 Å². The van der Waals surface area contributed by atoms with Crippen molar-refractivity contribution in [1.82, 2.24) is 0 Å². The van der Waals surface area contributed by atoms with Crippen LogP contribution in [-0.4, -0.2) is 40.7 Å². The van der Waals surface area contributed by atoms with Crippen molar-refractivity contribution in [2.24, 2.45) is 23.5 Å². The van der Waals surface area contributed by atoms with Gasteiger partial charge in [0.1, 0.15) is 12.1 Å². The van der Waals surface area contributed by atoms with Crippen molar-refractivity contribution in [1.29, 1.82) is 0 Å². The van der Waals surface area contributed by atoms with Crippen molar-refractivity contribution >= 4 is 23.7 Å². The van der Waals surface area contributed by atoms with E-state index in [0.717, 1.165) is 12.8 Å². The maximum Gasteiger partial charge on any atom is 0.321 e. The molecule has 1 aliphatic carbocycles. The van der Waals surface area contributed by atoms with Crippen LogP contribution in [0, 0.1) is 17.8 Å². The van der Waals surface area contributed by atoms with Gasteiger partial charge in [0, 0.05) is 5.75 Å². The van der Waals surface area contributed by atoms with Crippen LogP contribution >= 0.6 is 11.8 Å². The fourth-order valence-corrected chi connectivity index (χ4v) is 3.54. The molecule has 1 aliphatic rings. The van der Waals surface area contributed by atoms with Crippen LogP contribution < -0.4 is 5.73 Å². The monoisotopic (exact) mass is 317 g/mol. The number of carboxylic acid groups (broad SMARTS) is 1. The van der Waals surface area contributed by atoms with Gasteiger partial charge in [-0.05, 0) is 30.6 Å². The first-order chi connectivity index (χ1) is 9.81. The summed E-state index contributed by atoms with van der Waals surface area (Å²) >= 11 is 1.22. The Bertz CT molecular complexity index is 362. The lowest BCUT2D eigenvalue weighted by Crippen LogP contribution is -2.36. The molecule has 21 heavy (non-hydrogen) atoms. The second-order valence-corrected chi connectivity index (χ2v) is 7.34. The average molecular weight is 317 g/mol. The first kappa shape index (κ1) is 18.3.